The second-order valence-corrected chi connectivity index (χ2v) is 5.38. The molecule has 1 aliphatic rings. The number of aryl methyl sites for hydroxylation is 1. The highest BCUT2D eigenvalue weighted by molar-refractivity contribution is 5.72. The molecular formula is C17H18N4. The number of benzene rings is 1. The summed E-state index contributed by atoms with van der Waals surface area (Å²) < 4.78 is 0. The maximum atomic E-state index is 9.35. The molecule has 4 nitrogen and oxygen atoms in total. The van der Waals surface area contributed by atoms with Crippen molar-refractivity contribution in [2.24, 2.45) is 5.73 Å². The molecule has 1 unspecified atom stereocenters. The topological polar surface area (TPSA) is 65.9 Å². The fourth-order valence-electron chi connectivity index (χ4n) is 2.98. The van der Waals surface area contributed by atoms with E-state index in [1.54, 1.807) is 0 Å². The van der Waals surface area contributed by atoms with Crippen LogP contribution in [0.5, 0.6) is 0 Å². The number of hydrogen-bond acceptors (Lipinski definition) is 4. The Kier molecular flexibility index (Phi) is 3.59. The lowest BCUT2D eigenvalue weighted by Crippen LogP contribution is -2.19. The van der Waals surface area contributed by atoms with Gasteiger partial charge in [-0.3, -0.25) is 0 Å². The molecule has 1 aromatic heterocycles. The van der Waals surface area contributed by atoms with Crippen LogP contribution >= 0.6 is 0 Å². The monoisotopic (exact) mass is 278 g/mol. The number of pyridine rings is 1. The summed E-state index contributed by atoms with van der Waals surface area (Å²) in [7, 11) is 0. The van der Waals surface area contributed by atoms with E-state index in [-0.39, 0.29) is 0 Å². The molecule has 0 saturated heterocycles. The molecule has 1 aromatic carbocycles. The van der Waals surface area contributed by atoms with Gasteiger partial charge in [-0.25, -0.2) is 4.98 Å². The highest BCUT2D eigenvalue weighted by Crippen LogP contribution is 2.42. The first-order valence-electron chi connectivity index (χ1n) is 7.19. The number of aromatic nitrogens is 1. The average Bonchev–Trinajstić information content (AvgIpc) is 2.87. The number of rotatable bonds is 3. The number of hydrogen-bond donors (Lipinski definition) is 1. The van der Waals surface area contributed by atoms with Crippen molar-refractivity contribution in [1.29, 1.82) is 5.26 Å². The normalized spacial score (nSPS) is 16.6. The van der Waals surface area contributed by atoms with Gasteiger partial charge in [0.2, 0.25) is 0 Å². The smallest absolute Gasteiger partial charge is 0.151 e. The Bertz CT molecular complexity index is 702. The van der Waals surface area contributed by atoms with Crippen molar-refractivity contribution in [3.8, 4) is 6.07 Å². The standard InChI is InChI=1S/C17H18N4/c1-12-6-7-13(10-19)17(20-12)21-11-14(8-9-18)15-4-2-3-5-16(15)21/h2-7,14H,8-9,11,18H2,1H3. The van der Waals surface area contributed by atoms with Crippen LogP contribution in [0.15, 0.2) is 36.4 Å². The maximum Gasteiger partial charge on any atom is 0.151 e. The molecular weight excluding hydrogens is 260 g/mol. The molecule has 2 N–H and O–H groups in total. The number of para-hydroxylation sites is 1. The maximum absolute atomic E-state index is 9.35. The predicted octanol–water partition coefficient (Wildman–Crippen LogP) is 2.85. The molecule has 4 heteroatoms. The summed E-state index contributed by atoms with van der Waals surface area (Å²) in [6, 6.07) is 14.3. The minimum atomic E-state index is 0.403. The Morgan fingerprint density at radius 2 is 2.14 bits per heavy atom. The van der Waals surface area contributed by atoms with Crippen molar-refractivity contribution >= 4 is 11.5 Å². The van der Waals surface area contributed by atoms with Gasteiger partial charge in [-0.05, 0) is 43.7 Å². The van der Waals surface area contributed by atoms with E-state index >= 15 is 0 Å². The number of anilines is 2. The molecule has 2 aromatic rings. The summed E-state index contributed by atoms with van der Waals surface area (Å²) in [6.07, 6.45) is 0.946. The largest absolute Gasteiger partial charge is 0.330 e. The zero-order chi connectivity index (χ0) is 14.8. The highest BCUT2D eigenvalue weighted by Gasteiger charge is 2.30. The fraction of sp³-hybridized carbons (Fsp3) is 0.294. The van der Waals surface area contributed by atoms with E-state index in [0.717, 1.165) is 30.2 Å². The van der Waals surface area contributed by atoms with Crippen molar-refractivity contribution in [3.63, 3.8) is 0 Å². The van der Waals surface area contributed by atoms with E-state index < -0.39 is 0 Å². The van der Waals surface area contributed by atoms with Crippen LogP contribution in [-0.4, -0.2) is 18.1 Å². The summed E-state index contributed by atoms with van der Waals surface area (Å²) in [6.45, 7) is 3.45. The summed E-state index contributed by atoms with van der Waals surface area (Å²) in [5.74, 6) is 1.16. The molecule has 0 aliphatic carbocycles. The van der Waals surface area contributed by atoms with Crippen LogP contribution in [0.25, 0.3) is 0 Å². The molecule has 0 fully saturated rings. The number of nitrogens with two attached hydrogens (primary N) is 1. The third-order valence-corrected chi connectivity index (χ3v) is 3.98. The van der Waals surface area contributed by atoms with Gasteiger partial charge in [-0.1, -0.05) is 18.2 Å². The quantitative estimate of drug-likeness (QED) is 0.937. The van der Waals surface area contributed by atoms with Crippen LogP contribution in [0.3, 0.4) is 0 Å². The predicted molar refractivity (Wildman–Crippen MR) is 83.5 cm³/mol. The zero-order valence-electron chi connectivity index (χ0n) is 12.1. The second-order valence-electron chi connectivity index (χ2n) is 5.38. The third-order valence-electron chi connectivity index (χ3n) is 3.98. The van der Waals surface area contributed by atoms with Crippen LogP contribution in [0.2, 0.25) is 0 Å². The van der Waals surface area contributed by atoms with Crippen LogP contribution < -0.4 is 10.6 Å². The van der Waals surface area contributed by atoms with Gasteiger partial charge in [0, 0.05) is 23.8 Å². The molecule has 0 spiro atoms. The molecule has 0 bridgehead atoms. The SMILES string of the molecule is Cc1ccc(C#N)c(N2CC(CCN)c3ccccc32)n1. The van der Waals surface area contributed by atoms with Gasteiger partial charge in [-0.2, -0.15) is 5.26 Å². The lowest BCUT2D eigenvalue weighted by Gasteiger charge is -2.20. The van der Waals surface area contributed by atoms with Gasteiger partial charge in [0.25, 0.3) is 0 Å². The van der Waals surface area contributed by atoms with E-state index in [4.69, 9.17) is 5.73 Å². The molecule has 1 atom stereocenters. The minimum Gasteiger partial charge on any atom is -0.330 e. The summed E-state index contributed by atoms with van der Waals surface area (Å²) in [5.41, 5.74) is 9.72. The van der Waals surface area contributed by atoms with Gasteiger partial charge >= 0.3 is 0 Å². The summed E-state index contributed by atoms with van der Waals surface area (Å²) in [5, 5.41) is 9.35. The van der Waals surface area contributed by atoms with Gasteiger partial charge in [0.1, 0.15) is 6.07 Å². The fourth-order valence-corrected chi connectivity index (χ4v) is 2.98. The van der Waals surface area contributed by atoms with Crippen LogP contribution in [0.4, 0.5) is 11.5 Å². The van der Waals surface area contributed by atoms with Gasteiger partial charge < -0.3 is 10.6 Å². The van der Waals surface area contributed by atoms with E-state index in [1.807, 2.05) is 25.1 Å². The van der Waals surface area contributed by atoms with E-state index in [0.29, 0.717) is 18.0 Å². The molecule has 2 heterocycles. The molecule has 106 valence electrons. The van der Waals surface area contributed by atoms with Crippen molar-refractivity contribution in [2.45, 2.75) is 19.3 Å². The molecule has 0 radical (unpaired) electrons. The molecule has 1 aliphatic heterocycles. The van der Waals surface area contributed by atoms with Gasteiger partial charge in [-0.15, -0.1) is 0 Å². The Morgan fingerprint density at radius 3 is 2.90 bits per heavy atom. The number of nitrogens with zero attached hydrogens (tertiary/aromatic N) is 3. The molecule has 0 saturated carbocycles. The van der Waals surface area contributed by atoms with Gasteiger partial charge in [0.05, 0.1) is 5.56 Å². The Labute approximate surface area is 124 Å². The number of nitriles is 1. The minimum absolute atomic E-state index is 0.403. The first-order valence-corrected chi connectivity index (χ1v) is 7.19. The summed E-state index contributed by atoms with van der Waals surface area (Å²) in [4.78, 5) is 6.75. The second kappa shape index (κ2) is 5.55. The van der Waals surface area contributed by atoms with Crippen LogP contribution in [0, 0.1) is 18.3 Å². The lowest BCUT2D eigenvalue weighted by atomic mass is 9.98. The zero-order valence-corrected chi connectivity index (χ0v) is 12.1. The van der Waals surface area contributed by atoms with E-state index in [2.05, 4.69) is 34.2 Å². The van der Waals surface area contributed by atoms with Crippen molar-refractivity contribution in [1.82, 2.24) is 4.98 Å². The molecule has 21 heavy (non-hydrogen) atoms. The Hall–Kier alpha value is -2.38. The van der Waals surface area contributed by atoms with Gasteiger partial charge in [0.15, 0.2) is 5.82 Å². The first kappa shape index (κ1) is 13.6. The third kappa shape index (κ3) is 2.37. The number of fused-ring (bicyclic) bond motifs is 1. The lowest BCUT2D eigenvalue weighted by molar-refractivity contribution is 0.667. The van der Waals surface area contributed by atoms with Crippen molar-refractivity contribution < 1.29 is 0 Å². The molecule has 0 amide bonds. The summed E-state index contributed by atoms with van der Waals surface area (Å²) >= 11 is 0. The molecule has 3 rings (SSSR count). The average molecular weight is 278 g/mol. The Balaban J connectivity index is 2.09. The Morgan fingerprint density at radius 1 is 1.33 bits per heavy atom. The van der Waals surface area contributed by atoms with Crippen LogP contribution in [0.1, 0.15) is 29.2 Å². The first-order chi connectivity index (χ1) is 10.2. The highest BCUT2D eigenvalue weighted by atomic mass is 15.2. The van der Waals surface area contributed by atoms with Crippen molar-refractivity contribution in [2.75, 3.05) is 18.0 Å². The van der Waals surface area contributed by atoms with Crippen molar-refractivity contribution in [3.05, 3.63) is 53.2 Å². The van der Waals surface area contributed by atoms with E-state index in [1.165, 1.54) is 5.56 Å². The van der Waals surface area contributed by atoms with Crippen LogP contribution in [-0.2, 0) is 0 Å². The van der Waals surface area contributed by atoms with E-state index in [9.17, 15) is 5.26 Å².